The number of carbonyl (C=O) groups is 2. The summed E-state index contributed by atoms with van der Waals surface area (Å²) in [6.07, 6.45) is 7.07. The molecule has 3 heterocycles. The van der Waals surface area contributed by atoms with Gasteiger partial charge in [-0.05, 0) is 64.7 Å². The number of hydrogen-bond donors (Lipinski definition) is 2. The van der Waals surface area contributed by atoms with Crippen LogP contribution in [0.1, 0.15) is 51.6 Å². The van der Waals surface area contributed by atoms with Gasteiger partial charge >= 0.3 is 5.97 Å². The summed E-state index contributed by atoms with van der Waals surface area (Å²) in [6.45, 7) is 0. The Kier molecular flexibility index (Phi) is 8.84. The van der Waals surface area contributed by atoms with Crippen molar-refractivity contribution in [2.75, 3.05) is 7.11 Å². The topological polar surface area (TPSA) is 171 Å². The van der Waals surface area contributed by atoms with Crippen LogP contribution in [0.25, 0.3) is 22.9 Å². The number of aromatic amines is 1. The molecule has 1 fully saturated rings. The predicted molar refractivity (Wildman–Crippen MR) is 166 cm³/mol. The fourth-order valence-corrected chi connectivity index (χ4v) is 5.87. The third-order valence-corrected chi connectivity index (χ3v) is 8.47. The first-order valence-electron chi connectivity index (χ1n) is 14.0. The van der Waals surface area contributed by atoms with Crippen LogP contribution in [-0.2, 0) is 27.2 Å². The lowest BCUT2D eigenvalue weighted by molar-refractivity contribution is -0.139. The molecule has 0 radical (unpaired) electrons. The van der Waals surface area contributed by atoms with E-state index in [1.165, 1.54) is 35.5 Å². The first kappa shape index (κ1) is 30.0. The van der Waals surface area contributed by atoms with Gasteiger partial charge in [0.1, 0.15) is 16.3 Å². The number of nitrogens with zero attached hydrogens (tertiary/aromatic N) is 7. The first-order valence-corrected chi connectivity index (χ1v) is 15.1. The zero-order chi connectivity index (χ0) is 31.3. The Labute approximate surface area is 265 Å². The average molecular weight is 644 g/mol. The highest BCUT2D eigenvalue weighted by Gasteiger charge is 2.28. The molecule has 1 saturated carbocycles. The molecule has 15 heteroatoms. The maximum absolute atomic E-state index is 13.3. The SMILES string of the molecule is COC(=O)Cc1ccc(-c2cc(C(Cc3nnc(C4CC4)s3)NC(=O)/C=C/c3cc(Cl)ccc3-n3cnnn3)n[nH]c2=O)cc1. The minimum Gasteiger partial charge on any atom is -0.469 e. The van der Waals surface area contributed by atoms with Gasteiger partial charge < -0.3 is 10.1 Å². The summed E-state index contributed by atoms with van der Waals surface area (Å²) in [5.41, 5.74) is 3.04. The van der Waals surface area contributed by atoms with Gasteiger partial charge in [0.25, 0.3) is 5.56 Å². The van der Waals surface area contributed by atoms with Gasteiger partial charge in [0.2, 0.25) is 5.91 Å². The van der Waals surface area contributed by atoms with Crippen LogP contribution in [0.15, 0.2) is 65.7 Å². The van der Waals surface area contributed by atoms with E-state index in [0.717, 1.165) is 28.4 Å². The summed E-state index contributed by atoms with van der Waals surface area (Å²) in [4.78, 5) is 37.8. The molecule has 0 spiro atoms. The van der Waals surface area contributed by atoms with Gasteiger partial charge in [-0.3, -0.25) is 14.4 Å². The number of H-pyrrole nitrogens is 1. The number of hydrogen-bond acceptors (Lipinski definition) is 11. The van der Waals surface area contributed by atoms with Crippen LogP contribution in [0.2, 0.25) is 5.02 Å². The number of halogens is 1. The van der Waals surface area contributed by atoms with Crippen molar-refractivity contribution < 1.29 is 14.3 Å². The van der Waals surface area contributed by atoms with Crippen LogP contribution in [0, 0.1) is 0 Å². The van der Waals surface area contributed by atoms with Crippen LogP contribution in [0.3, 0.4) is 0 Å². The molecule has 3 aromatic heterocycles. The van der Waals surface area contributed by atoms with Crippen molar-refractivity contribution >= 4 is 40.9 Å². The summed E-state index contributed by atoms with van der Waals surface area (Å²) in [5.74, 6) is -0.321. The molecule has 1 aliphatic carbocycles. The molecule has 0 saturated heterocycles. The smallest absolute Gasteiger partial charge is 0.309 e. The normalized spacial score (nSPS) is 13.6. The van der Waals surface area contributed by atoms with Crippen LogP contribution in [-0.4, -0.2) is 59.6 Å². The Morgan fingerprint density at radius 1 is 1.18 bits per heavy atom. The number of nitrogens with one attached hydrogen (secondary N) is 2. The van der Waals surface area contributed by atoms with Crippen molar-refractivity contribution in [3.63, 3.8) is 0 Å². The monoisotopic (exact) mass is 643 g/mol. The zero-order valence-electron chi connectivity index (χ0n) is 23.9. The Balaban J connectivity index is 1.28. The van der Waals surface area contributed by atoms with Crippen molar-refractivity contribution in [1.29, 1.82) is 0 Å². The third-order valence-electron chi connectivity index (χ3n) is 7.13. The van der Waals surface area contributed by atoms with E-state index in [2.05, 4.69) is 41.2 Å². The fraction of sp³-hybridized carbons (Fsp3) is 0.233. The second-order valence-corrected chi connectivity index (χ2v) is 11.9. The molecule has 0 aliphatic heterocycles. The average Bonchev–Trinajstić information content (AvgIpc) is 3.54. The minimum absolute atomic E-state index is 0.119. The van der Waals surface area contributed by atoms with Crippen molar-refractivity contribution in [3.05, 3.63) is 103 Å². The Hall–Kier alpha value is -5.08. The zero-order valence-corrected chi connectivity index (χ0v) is 25.5. The molecule has 0 bridgehead atoms. The standard InChI is InChI=1S/C30H26ClN9O4S/c1-44-28(42)12-17-2-4-18(5-3-17)22-14-24(34-36-29(22)43)23(15-27-35-37-30(45-27)19-6-7-19)33-26(41)11-8-20-13-21(31)9-10-25(20)40-16-32-38-39-40/h2-5,8-11,13-14,16,19,23H,6-7,12,15H2,1H3,(H,33,41)(H,36,43)/b11-8+. The van der Waals surface area contributed by atoms with Gasteiger partial charge in [-0.2, -0.15) is 9.78 Å². The maximum atomic E-state index is 13.3. The number of rotatable bonds is 11. The van der Waals surface area contributed by atoms with E-state index in [1.807, 2.05) is 0 Å². The number of amides is 1. The predicted octanol–water partition coefficient (Wildman–Crippen LogP) is 3.62. The Morgan fingerprint density at radius 2 is 2.00 bits per heavy atom. The lowest BCUT2D eigenvalue weighted by atomic mass is 10.0. The largest absolute Gasteiger partial charge is 0.469 e. The van der Waals surface area contributed by atoms with Gasteiger partial charge in [-0.15, -0.1) is 26.6 Å². The number of carbonyl (C=O) groups excluding carboxylic acids is 2. The molecule has 13 nitrogen and oxygen atoms in total. The minimum atomic E-state index is -0.644. The van der Waals surface area contributed by atoms with Gasteiger partial charge in [0, 0.05) is 29.0 Å². The van der Waals surface area contributed by atoms with E-state index >= 15 is 0 Å². The number of ether oxygens (including phenoxy) is 1. The number of tetrazole rings is 1. The number of esters is 1. The van der Waals surface area contributed by atoms with Crippen molar-refractivity contribution in [1.82, 2.24) is 45.9 Å². The highest BCUT2D eigenvalue weighted by molar-refractivity contribution is 7.11. The van der Waals surface area contributed by atoms with Gasteiger partial charge in [-0.1, -0.05) is 35.9 Å². The summed E-state index contributed by atoms with van der Waals surface area (Å²) in [7, 11) is 1.33. The van der Waals surface area contributed by atoms with Crippen molar-refractivity contribution in [3.8, 4) is 16.8 Å². The molecule has 228 valence electrons. The number of benzene rings is 2. The van der Waals surface area contributed by atoms with E-state index in [-0.39, 0.29) is 12.4 Å². The highest BCUT2D eigenvalue weighted by Crippen LogP contribution is 2.41. The first-order chi connectivity index (χ1) is 21.9. The van der Waals surface area contributed by atoms with Crippen LogP contribution < -0.4 is 10.9 Å². The van der Waals surface area contributed by atoms with E-state index in [4.69, 9.17) is 16.3 Å². The molecule has 45 heavy (non-hydrogen) atoms. The van der Waals surface area contributed by atoms with Crippen molar-refractivity contribution in [2.24, 2.45) is 0 Å². The molecule has 1 unspecified atom stereocenters. The van der Waals surface area contributed by atoms with Gasteiger partial charge in [-0.25, -0.2) is 5.10 Å². The Morgan fingerprint density at radius 3 is 2.73 bits per heavy atom. The fourth-order valence-electron chi connectivity index (χ4n) is 4.63. The van der Waals surface area contributed by atoms with E-state index in [0.29, 0.717) is 45.4 Å². The molecule has 5 aromatic rings. The van der Waals surface area contributed by atoms with Crippen LogP contribution >= 0.6 is 22.9 Å². The number of methoxy groups -OCH3 is 1. The summed E-state index contributed by atoms with van der Waals surface area (Å²) in [6, 6.07) is 13.2. The molecule has 1 amide bonds. The summed E-state index contributed by atoms with van der Waals surface area (Å²) >= 11 is 7.74. The molecule has 2 N–H and O–H groups in total. The number of aromatic nitrogens is 8. The Bertz CT molecular complexity index is 1920. The van der Waals surface area contributed by atoms with Crippen LogP contribution in [0.5, 0.6) is 0 Å². The molecule has 1 aliphatic rings. The molecular formula is C30H26ClN9O4S. The van der Waals surface area contributed by atoms with Crippen LogP contribution in [0.4, 0.5) is 0 Å². The van der Waals surface area contributed by atoms with E-state index in [1.54, 1.807) is 54.6 Å². The lowest BCUT2D eigenvalue weighted by Crippen LogP contribution is -2.30. The molecular weight excluding hydrogens is 618 g/mol. The molecule has 6 rings (SSSR count). The van der Waals surface area contributed by atoms with Gasteiger partial charge in [0.05, 0.1) is 36.5 Å². The van der Waals surface area contributed by atoms with Gasteiger partial charge in [0.15, 0.2) is 0 Å². The summed E-state index contributed by atoms with van der Waals surface area (Å²) in [5, 5.41) is 32.0. The lowest BCUT2D eigenvalue weighted by Gasteiger charge is -2.17. The quantitative estimate of drug-likeness (QED) is 0.160. The molecule has 2 aromatic carbocycles. The second kappa shape index (κ2) is 13.3. The van der Waals surface area contributed by atoms with Crippen molar-refractivity contribution in [2.45, 2.75) is 37.6 Å². The molecule has 1 atom stereocenters. The summed E-state index contributed by atoms with van der Waals surface area (Å²) < 4.78 is 6.20. The second-order valence-electron chi connectivity index (χ2n) is 10.3. The third kappa shape index (κ3) is 7.36. The van der Waals surface area contributed by atoms with E-state index in [9.17, 15) is 14.4 Å². The maximum Gasteiger partial charge on any atom is 0.309 e. The highest BCUT2D eigenvalue weighted by atomic mass is 35.5. The van der Waals surface area contributed by atoms with E-state index < -0.39 is 17.5 Å².